The van der Waals surface area contributed by atoms with Crippen LogP contribution in [0.3, 0.4) is 0 Å². The number of β-amino-alcohol motifs (C(OH)–C–C–N with tert-alkyl or cyclic N) is 1. The highest BCUT2D eigenvalue weighted by atomic mass is 16.5. The van der Waals surface area contributed by atoms with Crippen LogP contribution < -0.4 is 9.47 Å². The Balaban J connectivity index is 1.51. The van der Waals surface area contributed by atoms with Gasteiger partial charge in [-0.3, -0.25) is 4.90 Å². The van der Waals surface area contributed by atoms with Crippen LogP contribution in [-0.4, -0.2) is 79.2 Å². The van der Waals surface area contributed by atoms with Crippen LogP contribution in [0.25, 0.3) is 0 Å². The first-order valence-corrected chi connectivity index (χ1v) is 10.7. The summed E-state index contributed by atoms with van der Waals surface area (Å²) in [5, 5.41) is 19.4. The van der Waals surface area contributed by atoms with Gasteiger partial charge in [-0.05, 0) is 81.9 Å². The number of piperidine rings is 1. The smallest absolute Gasteiger partial charge is 0.161 e. The summed E-state index contributed by atoms with van der Waals surface area (Å²) in [7, 11) is 1.65. The van der Waals surface area contributed by atoms with E-state index in [0.717, 1.165) is 52.0 Å². The summed E-state index contributed by atoms with van der Waals surface area (Å²) in [5.74, 6) is 2.07. The molecule has 2 heterocycles. The molecule has 0 amide bonds. The van der Waals surface area contributed by atoms with Crippen molar-refractivity contribution in [1.29, 1.82) is 0 Å². The number of rotatable bonds is 10. The average Bonchev–Trinajstić information content (AvgIpc) is 3.21. The average molecular weight is 393 g/mol. The third-order valence-electron chi connectivity index (χ3n) is 5.98. The SMILES string of the molecule is COc1ccc(CN2CCC(CCO)CC2)cc1OC[C@@H](O)CN1CCCC1. The number of likely N-dealkylation sites (tertiary alicyclic amines) is 2. The number of benzene rings is 1. The van der Waals surface area contributed by atoms with Crippen molar-refractivity contribution >= 4 is 0 Å². The van der Waals surface area contributed by atoms with Gasteiger partial charge in [0.25, 0.3) is 0 Å². The summed E-state index contributed by atoms with van der Waals surface area (Å²) in [6.07, 6.45) is 5.19. The molecule has 28 heavy (non-hydrogen) atoms. The second-order valence-corrected chi connectivity index (χ2v) is 8.19. The lowest BCUT2D eigenvalue weighted by Crippen LogP contribution is -2.34. The molecular formula is C22H36N2O4. The van der Waals surface area contributed by atoms with Crippen molar-refractivity contribution in [3.63, 3.8) is 0 Å². The maximum atomic E-state index is 10.3. The number of ether oxygens (including phenoxy) is 2. The molecule has 6 nitrogen and oxygen atoms in total. The molecule has 158 valence electrons. The van der Waals surface area contributed by atoms with Crippen LogP contribution in [0.1, 0.15) is 37.7 Å². The first-order chi connectivity index (χ1) is 13.7. The van der Waals surface area contributed by atoms with Gasteiger partial charge >= 0.3 is 0 Å². The molecule has 0 aliphatic carbocycles. The third kappa shape index (κ3) is 6.34. The third-order valence-corrected chi connectivity index (χ3v) is 5.98. The van der Waals surface area contributed by atoms with Crippen LogP contribution >= 0.6 is 0 Å². The Labute approximate surface area is 169 Å². The van der Waals surface area contributed by atoms with Gasteiger partial charge in [-0.1, -0.05) is 6.07 Å². The van der Waals surface area contributed by atoms with Crippen LogP contribution in [0.5, 0.6) is 11.5 Å². The summed E-state index contributed by atoms with van der Waals surface area (Å²) in [6.45, 7) is 6.43. The van der Waals surface area contributed by atoms with E-state index in [4.69, 9.17) is 14.6 Å². The number of aliphatic hydroxyl groups excluding tert-OH is 2. The van der Waals surface area contributed by atoms with Crippen LogP contribution in [0, 0.1) is 5.92 Å². The van der Waals surface area contributed by atoms with E-state index >= 15 is 0 Å². The Hall–Kier alpha value is -1.34. The monoisotopic (exact) mass is 392 g/mol. The fraction of sp³-hybridized carbons (Fsp3) is 0.727. The molecule has 2 aliphatic rings. The highest BCUT2D eigenvalue weighted by molar-refractivity contribution is 5.43. The quantitative estimate of drug-likeness (QED) is 0.636. The highest BCUT2D eigenvalue weighted by Gasteiger charge is 2.20. The van der Waals surface area contributed by atoms with Gasteiger partial charge < -0.3 is 24.6 Å². The highest BCUT2D eigenvalue weighted by Crippen LogP contribution is 2.30. The molecule has 1 atom stereocenters. The van der Waals surface area contributed by atoms with Crippen molar-refractivity contribution in [3.8, 4) is 11.5 Å². The van der Waals surface area contributed by atoms with Crippen molar-refractivity contribution in [3.05, 3.63) is 23.8 Å². The van der Waals surface area contributed by atoms with E-state index in [9.17, 15) is 5.11 Å². The summed E-state index contributed by atoms with van der Waals surface area (Å²) in [4.78, 5) is 4.75. The first-order valence-electron chi connectivity index (χ1n) is 10.7. The van der Waals surface area contributed by atoms with E-state index in [-0.39, 0.29) is 6.61 Å². The molecule has 2 fully saturated rings. The van der Waals surface area contributed by atoms with Gasteiger partial charge in [0.1, 0.15) is 12.7 Å². The van der Waals surface area contributed by atoms with Gasteiger partial charge in [-0.15, -0.1) is 0 Å². The zero-order valence-corrected chi connectivity index (χ0v) is 17.2. The predicted molar refractivity (Wildman–Crippen MR) is 110 cm³/mol. The minimum absolute atomic E-state index is 0.281. The normalized spacial score (nSPS) is 20.4. The molecule has 0 aromatic heterocycles. The lowest BCUT2D eigenvalue weighted by atomic mass is 9.94. The number of nitrogens with zero attached hydrogens (tertiary/aromatic N) is 2. The number of hydrogen-bond acceptors (Lipinski definition) is 6. The van der Waals surface area contributed by atoms with Gasteiger partial charge in [0.05, 0.1) is 7.11 Å². The number of aliphatic hydroxyl groups is 2. The molecule has 0 bridgehead atoms. The Bertz CT molecular complexity index is 584. The summed E-state index contributed by atoms with van der Waals surface area (Å²) in [6, 6.07) is 6.09. The van der Waals surface area contributed by atoms with Crippen molar-refractivity contribution in [2.75, 3.05) is 53.0 Å². The van der Waals surface area contributed by atoms with Gasteiger partial charge in [0, 0.05) is 19.7 Å². The largest absolute Gasteiger partial charge is 0.493 e. The molecule has 2 aliphatic heterocycles. The predicted octanol–water partition coefficient (Wildman–Crippen LogP) is 2.13. The second-order valence-electron chi connectivity index (χ2n) is 8.19. The van der Waals surface area contributed by atoms with Gasteiger partial charge in [-0.2, -0.15) is 0 Å². The lowest BCUT2D eigenvalue weighted by molar-refractivity contribution is 0.0746. The Morgan fingerprint density at radius 1 is 1.07 bits per heavy atom. The van der Waals surface area contributed by atoms with Crippen molar-refractivity contribution < 1.29 is 19.7 Å². The molecule has 2 saturated heterocycles. The topological polar surface area (TPSA) is 65.4 Å². The summed E-state index contributed by atoms with van der Waals surface area (Å²) in [5.41, 5.74) is 1.20. The summed E-state index contributed by atoms with van der Waals surface area (Å²) < 4.78 is 11.4. The van der Waals surface area contributed by atoms with E-state index in [1.807, 2.05) is 12.1 Å². The fourth-order valence-electron chi connectivity index (χ4n) is 4.31. The molecule has 0 spiro atoms. The van der Waals surface area contributed by atoms with Crippen LogP contribution in [0.15, 0.2) is 18.2 Å². The van der Waals surface area contributed by atoms with E-state index in [1.165, 1.54) is 18.4 Å². The molecule has 0 unspecified atom stereocenters. The number of hydrogen-bond donors (Lipinski definition) is 2. The molecule has 1 aromatic rings. The van der Waals surface area contributed by atoms with E-state index in [0.29, 0.717) is 30.6 Å². The Kier molecular flexibility index (Phi) is 8.40. The molecule has 2 N–H and O–H groups in total. The van der Waals surface area contributed by atoms with Crippen LogP contribution in [-0.2, 0) is 6.54 Å². The lowest BCUT2D eigenvalue weighted by Gasteiger charge is -2.31. The van der Waals surface area contributed by atoms with Crippen molar-refractivity contribution in [1.82, 2.24) is 9.80 Å². The van der Waals surface area contributed by atoms with Gasteiger partial charge in [0.15, 0.2) is 11.5 Å². The van der Waals surface area contributed by atoms with Gasteiger partial charge in [-0.25, -0.2) is 0 Å². The molecule has 3 rings (SSSR count). The van der Waals surface area contributed by atoms with Gasteiger partial charge in [0.2, 0.25) is 0 Å². The maximum absolute atomic E-state index is 10.3. The standard InChI is InChI=1S/C22H36N2O4/c1-27-21-5-4-19(15-24-11-6-18(7-12-24)8-13-25)14-22(21)28-17-20(26)16-23-9-2-3-10-23/h4-5,14,18,20,25-26H,2-3,6-13,15-17H2,1H3/t20-/m0/s1. The second kappa shape index (κ2) is 11.0. The maximum Gasteiger partial charge on any atom is 0.161 e. The molecule has 0 radical (unpaired) electrons. The summed E-state index contributed by atoms with van der Waals surface area (Å²) >= 11 is 0. The molecular weight excluding hydrogens is 356 g/mol. The minimum Gasteiger partial charge on any atom is -0.493 e. The Morgan fingerprint density at radius 3 is 2.50 bits per heavy atom. The van der Waals surface area contributed by atoms with E-state index < -0.39 is 6.10 Å². The minimum atomic E-state index is -0.489. The zero-order chi connectivity index (χ0) is 19.8. The van der Waals surface area contributed by atoms with Crippen molar-refractivity contribution in [2.24, 2.45) is 5.92 Å². The van der Waals surface area contributed by atoms with Crippen LogP contribution in [0.4, 0.5) is 0 Å². The first kappa shape index (κ1) is 21.4. The Morgan fingerprint density at radius 2 is 1.82 bits per heavy atom. The van der Waals surface area contributed by atoms with E-state index in [1.54, 1.807) is 7.11 Å². The molecule has 1 aromatic carbocycles. The van der Waals surface area contributed by atoms with E-state index in [2.05, 4.69) is 15.9 Å². The fourth-order valence-corrected chi connectivity index (χ4v) is 4.31. The van der Waals surface area contributed by atoms with Crippen molar-refractivity contribution in [2.45, 2.75) is 44.8 Å². The molecule has 0 saturated carbocycles. The van der Waals surface area contributed by atoms with Crippen LogP contribution in [0.2, 0.25) is 0 Å². The molecule has 6 heteroatoms. The number of methoxy groups -OCH3 is 1. The zero-order valence-electron chi connectivity index (χ0n) is 17.2.